The zero-order valence-corrected chi connectivity index (χ0v) is 14.2. The van der Waals surface area contributed by atoms with Crippen LogP contribution in [0, 0.1) is 12.8 Å². The van der Waals surface area contributed by atoms with Crippen molar-refractivity contribution in [1.29, 1.82) is 0 Å². The maximum absolute atomic E-state index is 4.59. The fourth-order valence-electron chi connectivity index (χ4n) is 4.11. The van der Waals surface area contributed by atoms with Crippen molar-refractivity contribution in [2.75, 3.05) is 0 Å². The van der Waals surface area contributed by atoms with Crippen molar-refractivity contribution in [2.24, 2.45) is 13.0 Å². The third-order valence-corrected chi connectivity index (χ3v) is 5.40. The predicted molar refractivity (Wildman–Crippen MR) is 92.9 cm³/mol. The van der Waals surface area contributed by atoms with Crippen LogP contribution >= 0.6 is 0 Å². The van der Waals surface area contributed by atoms with Crippen LogP contribution in [0.1, 0.15) is 49.7 Å². The molecule has 2 aromatic heterocycles. The first-order chi connectivity index (χ1) is 11.1. The molecule has 0 N–H and O–H groups in total. The Hall–Kier alpha value is -2.10. The monoisotopic (exact) mass is 308 g/mol. The van der Waals surface area contributed by atoms with Crippen LogP contribution in [0.25, 0.3) is 16.6 Å². The smallest absolute Gasteiger partial charge is 0.103 e. The molecule has 0 saturated heterocycles. The van der Waals surface area contributed by atoms with Gasteiger partial charge in [-0.2, -0.15) is 10.2 Å². The van der Waals surface area contributed by atoms with E-state index in [4.69, 9.17) is 0 Å². The lowest BCUT2D eigenvalue weighted by Crippen LogP contribution is -2.15. The Labute approximate surface area is 137 Å². The molecular formula is C19H24N4. The van der Waals surface area contributed by atoms with Gasteiger partial charge in [0.25, 0.3) is 0 Å². The van der Waals surface area contributed by atoms with E-state index in [2.05, 4.69) is 36.2 Å². The molecule has 0 radical (unpaired) electrons. The maximum atomic E-state index is 4.59. The molecule has 2 atom stereocenters. The summed E-state index contributed by atoms with van der Waals surface area (Å²) >= 11 is 0. The highest BCUT2D eigenvalue weighted by atomic mass is 15.3. The number of fused-ring (bicyclic) bond motifs is 1. The van der Waals surface area contributed by atoms with Crippen LogP contribution in [0.5, 0.6) is 0 Å². The highest BCUT2D eigenvalue weighted by Gasteiger charge is 2.25. The van der Waals surface area contributed by atoms with Crippen LogP contribution in [0.2, 0.25) is 0 Å². The van der Waals surface area contributed by atoms with E-state index in [1.54, 1.807) is 0 Å². The molecule has 3 aromatic rings. The molecule has 4 rings (SSSR count). The van der Waals surface area contributed by atoms with Crippen molar-refractivity contribution < 1.29 is 0 Å². The molecule has 1 unspecified atom stereocenters. The minimum absolute atomic E-state index is 0.686. The first-order valence-electron chi connectivity index (χ1n) is 8.61. The molecule has 23 heavy (non-hydrogen) atoms. The van der Waals surface area contributed by atoms with E-state index in [-0.39, 0.29) is 0 Å². The second-order valence-electron chi connectivity index (χ2n) is 7.06. The summed E-state index contributed by atoms with van der Waals surface area (Å²) in [5, 5.41) is 10.1. The third kappa shape index (κ3) is 2.46. The fourth-order valence-corrected chi connectivity index (χ4v) is 4.11. The van der Waals surface area contributed by atoms with Crippen LogP contribution < -0.4 is 0 Å². The van der Waals surface area contributed by atoms with Crippen LogP contribution in [0.3, 0.4) is 0 Å². The Morgan fingerprint density at radius 1 is 1.09 bits per heavy atom. The average molecular weight is 308 g/mol. The van der Waals surface area contributed by atoms with Gasteiger partial charge in [-0.25, -0.2) is 4.68 Å². The lowest BCUT2D eigenvalue weighted by Gasteiger charge is -2.30. The van der Waals surface area contributed by atoms with Crippen molar-refractivity contribution in [2.45, 2.75) is 45.4 Å². The first-order valence-corrected chi connectivity index (χ1v) is 8.61. The molecule has 1 saturated carbocycles. The fraction of sp³-hybridized carbons (Fsp3) is 0.474. The molecule has 0 bridgehead atoms. The minimum Gasteiger partial charge on any atom is -0.274 e. The second kappa shape index (κ2) is 5.52. The minimum atomic E-state index is 0.686. The largest absolute Gasteiger partial charge is 0.274 e. The SMILES string of the molecule is Cc1cc2cnn(-c3cnn(C)c3)c2cc1C1CCCC[C@H]1C. The number of aromatic nitrogens is 4. The summed E-state index contributed by atoms with van der Waals surface area (Å²) in [6.45, 7) is 4.66. The molecule has 4 heteroatoms. The molecule has 1 fully saturated rings. The molecule has 0 spiro atoms. The van der Waals surface area contributed by atoms with Gasteiger partial charge >= 0.3 is 0 Å². The van der Waals surface area contributed by atoms with Gasteiger partial charge in [0.15, 0.2) is 0 Å². The highest BCUT2D eigenvalue weighted by molar-refractivity contribution is 5.82. The molecule has 1 aromatic carbocycles. The third-order valence-electron chi connectivity index (χ3n) is 5.40. The average Bonchev–Trinajstić information content (AvgIpc) is 3.13. The Morgan fingerprint density at radius 3 is 2.65 bits per heavy atom. The Balaban J connectivity index is 1.84. The number of rotatable bonds is 2. The number of hydrogen-bond acceptors (Lipinski definition) is 2. The summed E-state index contributed by atoms with van der Waals surface area (Å²) in [5.41, 5.74) is 5.13. The van der Waals surface area contributed by atoms with Crippen molar-refractivity contribution in [1.82, 2.24) is 19.6 Å². The Morgan fingerprint density at radius 2 is 1.91 bits per heavy atom. The van der Waals surface area contributed by atoms with Crippen LogP contribution in [-0.4, -0.2) is 19.6 Å². The Kier molecular flexibility index (Phi) is 3.47. The van der Waals surface area contributed by atoms with E-state index < -0.39 is 0 Å². The van der Waals surface area contributed by atoms with E-state index >= 15 is 0 Å². The summed E-state index contributed by atoms with van der Waals surface area (Å²) in [5.74, 6) is 1.46. The summed E-state index contributed by atoms with van der Waals surface area (Å²) in [6.07, 6.45) is 11.2. The van der Waals surface area contributed by atoms with Gasteiger partial charge < -0.3 is 0 Å². The summed E-state index contributed by atoms with van der Waals surface area (Å²) in [6, 6.07) is 4.67. The highest BCUT2D eigenvalue weighted by Crippen LogP contribution is 2.40. The molecule has 120 valence electrons. The quantitative estimate of drug-likeness (QED) is 0.705. The molecule has 0 amide bonds. The summed E-state index contributed by atoms with van der Waals surface area (Å²) in [7, 11) is 1.94. The van der Waals surface area contributed by atoms with Crippen LogP contribution in [0.15, 0.2) is 30.7 Å². The van der Waals surface area contributed by atoms with Crippen molar-refractivity contribution in [3.05, 3.63) is 41.9 Å². The summed E-state index contributed by atoms with van der Waals surface area (Å²) < 4.78 is 3.83. The van der Waals surface area contributed by atoms with Gasteiger partial charge in [0.2, 0.25) is 0 Å². The van der Waals surface area contributed by atoms with Gasteiger partial charge in [-0.15, -0.1) is 0 Å². The standard InChI is InChI=1S/C19H24N4/c1-13-6-4-5-7-17(13)18-9-19-15(8-14(18)2)10-21-23(19)16-11-20-22(3)12-16/h8-13,17H,4-7H2,1-3H3/t13-,17?/m1/s1. The van der Waals surface area contributed by atoms with Crippen LogP contribution in [-0.2, 0) is 7.05 Å². The molecule has 1 aliphatic rings. The topological polar surface area (TPSA) is 35.6 Å². The second-order valence-corrected chi connectivity index (χ2v) is 7.06. The lowest BCUT2D eigenvalue weighted by atomic mass is 9.75. The van der Waals surface area contributed by atoms with Gasteiger partial charge in [0.1, 0.15) is 5.69 Å². The zero-order valence-electron chi connectivity index (χ0n) is 14.2. The lowest BCUT2D eigenvalue weighted by molar-refractivity contribution is 0.330. The molecule has 1 aliphatic carbocycles. The van der Waals surface area contributed by atoms with E-state index in [1.165, 1.54) is 47.7 Å². The van der Waals surface area contributed by atoms with Crippen LogP contribution in [0.4, 0.5) is 0 Å². The number of nitrogens with zero attached hydrogens (tertiary/aromatic N) is 4. The van der Waals surface area contributed by atoms with E-state index in [9.17, 15) is 0 Å². The van der Waals surface area contributed by atoms with Gasteiger partial charge in [-0.3, -0.25) is 4.68 Å². The van der Waals surface area contributed by atoms with Crippen molar-refractivity contribution in [3.8, 4) is 5.69 Å². The number of benzene rings is 1. The number of hydrogen-bond donors (Lipinski definition) is 0. The van der Waals surface area contributed by atoms with Gasteiger partial charge in [-0.1, -0.05) is 26.2 Å². The van der Waals surface area contributed by atoms with Gasteiger partial charge in [-0.05, 0) is 48.4 Å². The molecule has 0 aliphatic heterocycles. The molecule has 2 heterocycles. The molecular weight excluding hydrogens is 284 g/mol. The summed E-state index contributed by atoms with van der Waals surface area (Å²) in [4.78, 5) is 0. The van der Waals surface area contributed by atoms with Crippen molar-refractivity contribution >= 4 is 10.9 Å². The van der Waals surface area contributed by atoms with E-state index in [1.807, 2.05) is 35.0 Å². The van der Waals surface area contributed by atoms with E-state index in [0.717, 1.165) is 11.6 Å². The molecule has 4 nitrogen and oxygen atoms in total. The van der Waals surface area contributed by atoms with Gasteiger partial charge in [0, 0.05) is 12.4 Å². The first kappa shape index (κ1) is 14.5. The normalized spacial score (nSPS) is 21.9. The predicted octanol–water partition coefficient (Wildman–Crippen LogP) is 4.36. The van der Waals surface area contributed by atoms with Gasteiger partial charge in [0.05, 0.1) is 24.1 Å². The number of aryl methyl sites for hydroxylation is 2. The Bertz CT molecular complexity index is 842. The maximum Gasteiger partial charge on any atom is 0.103 e. The van der Waals surface area contributed by atoms with Crippen molar-refractivity contribution in [3.63, 3.8) is 0 Å². The zero-order chi connectivity index (χ0) is 16.0. The van der Waals surface area contributed by atoms with E-state index in [0.29, 0.717) is 5.92 Å².